The lowest BCUT2D eigenvalue weighted by Crippen LogP contribution is -2.34. The molecule has 0 aliphatic heterocycles. The normalized spacial score (nSPS) is 10.9. The largest absolute Gasteiger partial charge is 0.350 e. The van der Waals surface area contributed by atoms with E-state index in [-0.39, 0.29) is 18.0 Å². The number of fused-ring (bicyclic) bond motifs is 1. The highest BCUT2D eigenvalue weighted by Crippen LogP contribution is 2.17. The van der Waals surface area contributed by atoms with Gasteiger partial charge in [-0.05, 0) is 23.8 Å². The molecule has 0 aliphatic carbocycles. The van der Waals surface area contributed by atoms with Gasteiger partial charge < -0.3 is 5.32 Å². The molecule has 0 unspecified atom stereocenters. The Labute approximate surface area is 165 Å². The zero-order chi connectivity index (χ0) is 19.5. The van der Waals surface area contributed by atoms with Crippen LogP contribution in [0.2, 0.25) is 5.02 Å². The van der Waals surface area contributed by atoms with Gasteiger partial charge in [0.05, 0.1) is 5.69 Å². The molecule has 7 nitrogen and oxygen atoms in total. The number of benzene rings is 2. The molecule has 2 aromatic carbocycles. The molecule has 0 radical (unpaired) electrons. The molecule has 0 spiro atoms. The van der Waals surface area contributed by atoms with Crippen molar-refractivity contribution in [3.63, 3.8) is 0 Å². The van der Waals surface area contributed by atoms with Crippen molar-refractivity contribution < 1.29 is 4.79 Å². The minimum absolute atomic E-state index is 0.172. The van der Waals surface area contributed by atoms with Crippen LogP contribution in [0.5, 0.6) is 0 Å². The van der Waals surface area contributed by atoms with Crippen LogP contribution in [0.3, 0.4) is 0 Å². The quantitative estimate of drug-likeness (QED) is 0.565. The fourth-order valence-electron chi connectivity index (χ4n) is 2.80. The Bertz CT molecular complexity index is 1180. The monoisotopic (exact) mass is 393 g/mol. The van der Waals surface area contributed by atoms with Crippen molar-refractivity contribution in [2.75, 3.05) is 0 Å². The van der Waals surface area contributed by atoms with Gasteiger partial charge in [-0.1, -0.05) is 54.1 Å². The number of halogens is 1. The standard InChI is InChI=1S/C20H16ClN5O2/c21-16-8-6-14(7-9-16)11-22-19(27)12-25-20(28)18-10-17(24-26(18)13-23-25)15-4-2-1-3-5-15/h1-10,13H,11-12H2,(H,22,27). The molecule has 1 N–H and O–H groups in total. The van der Waals surface area contributed by atoms with Crippen molar-refractivity contribution in [3.05, 3.63) is 87.9 Å². The van der Waals surface area contributed by atoms with Gasteiger partial charge in [0.2, 0.25) is 5.91 Å². The zero-order valence-electron chi connectivity index (χ0n) is 14.7. The van der Waals surface area contributed by atoms with Crippen LogP contribution >= 0.6 is 11.6 Å². The summed E-state index contributed by atoms with van der Waals surface area (Å²) in [6, 6.07) is 18.4. The van der Waals surface area contributed by atoms with E-state index in [4.69, 9.17) is 11.6 Å². The predicted octanol–water partition coefficient (Wildman–Crippen LogP) is 2.53. The number of carbonyl (C=O) groups is 1. The van der Waals surface area contributed by atoms with E-state index < -0.39 is 0 Å². The summed E-state index contributed by atoms with van der Waals surface area (Å²) >= 11 is 5.85. The van der Waals surface area contributed by atoms with E-state index >= 15 is 0 Å². The highest BCUT2D eigenvalue weighted by atomic mass is 35.5. The van der Waals surface area contributed by atoms with Gasteiger partial charge >= 0.3 is 0 Å². The molecular formula is C20H16ClN5O2. The first-order valence-electron chi connectivity index (χ1n) is 8.62. The van der Waals surface area contributed by atoms with Gasteiger partial charge in [-0.2, -0.15) is 10.2 Å². The molecule has 0 saturated carbocycles. The first-order valence-corrected chi connectivity index (χ1v) is 9.00. The maximum Gasteiger partial charge on any atom is 0.293 e. The Kier molecular flexibility index (Phi) is 4.90. The van der Waals surface area contributed by atoms with Crippen LogP contribution in [0.4, 0.5) is 0 Å². The summed E-state index contributed by atoms with van der Waals surface area (Å²) in [5.74, 6) is -0.309. The summed E-state index contributed by atoms with van der Waals surface area (Å²) in [7, 11) is 0. The van der Waals surface area contributed by atoms with Crippen molar-refractivity contribution in [1.82, 2.24) is 24.7 Å². The first-order chi connectivity index (χ1) is 13.6. The number of carbonyl (C=O) groups excluding carboxylic acids is 1. The molecule has 4 aromatic rings. The van der Waals surface area contributed by atoms with Crippen LogP contribution < -0.4 is 10.9 Å². The third-order valence-corrected chi connectivity index (χ3v) is 4.51. The number of aromatic nitrogens is 4. The van der Waals surface area contributed by atoms with Crippen molar-refractivity contribution in [2.45, 2.75) is 13.1 Å². The molecule has 1 amide bonds. The number of hydrogen-bond acceptors (Lipinski definition) is 4. The Morgan fingerprint density at radius 2 is 1.82 bits per heavy atom. The fraction of sp³-hybridized carbons (Fsp3) is 0.100. The van der Waals surface area contributed by atoms with Gasteiger partial charge in [0, 0.05) is 17.1 Å². The maximum atomic E-state index is 12.7. The van der Waals surface area contributed by atoms with Gasteiger partial charge in [0.15, 0.2) is 0 Å². The molecule has 2 heterocycles. The first kappa shape index (κ1) is 17.9. The summed E-state index contributed by atoms with van der Waals surface area (Å²) in [4.78, 5) is 24.9. The Morgan fingerprint density at radius 1 is 1.07 bits per heavy atom. The topological polar surface area (TPSA) is 81.3 Å². The second-order valence-corrected chi connectivity index (χ2v) is 6.66. The number of nitrogens with zero attached hydrogens (tertiary/aromatic N) is 4. The molecule has 8 heteroatoms. The maximum absolute atomic E-state index is 12.7. The Morgan fingerprint density at radius 3 is 2.57 bits per heavy atom. The smallest absolute Gasteiger partial charge is 0.293 e. The average molecular weight is 394 g/mol. The number of hydrogen-bond donors (Lipinski definition) is 1. The minimum Gasteiger partial charge on any atom is -0.350 e. The Balaban J connectivity index is 1.50. The third-order valence-electron chi connectivity index (χ3n) is 4.26. The van der Waals surface area contributed by atoms with Crippen molar-refractivity contribution >= 4 is 23.0 Å². The fourth-order valence-corrected chi connectivity index (χ4v) is 2.92. The SMILES string of the molecule is O=C(Cn1ncn2nc(-c3ccccc3)cc2c1=O)NCc1ccc(Cl)cc1. The molecule has 0 atom stereocenters. The average Bonchev–Trinajstić information content (AvgIpc) is 3.16. The lowest BCUT2D eigenvalue weighted by atomic mass is 10.1. The van der Waals surface area contributed by atoms with Crippen molar-refractivity contribution in [1.29, 1.82) is 0 Å². The van der Waals surface area contributed by atoms with Crippen LogP contribution in [-0.2, 0) is 17.9 Å². The summed E-state index contributed by atoms with van der Waals surface area (Å²) in [5, 5.41) is 11.8. The van der Waals surface area contributed by atoms with Crippen molar-refractivity contribution in [3.8, 4) is 11.3 Å². The number of amides is 1. The lowest BCUT2D eigenvalue weighted by molar-refractivity contribution is -0.122. The highest BCUT2D eigenvalue weighted by molar-refractivity contribution is 6.30. The molecule has 0 fully saturated rings. The summed E-state index contributed by atoms with van der Waals surface area (Å²) < 4.78 is 2.55. The summed E-state index contributed by atoms with van der Waals surface area (Å²) in [6.45, 7) is 0.173. The lowest BCUT2D eigenvalue weighted by Gasteiger charge is -2.07. The molecule has 2 aromatic heterocycles. The summed E-state index contributed by atoms with van der Waals surface area (Å²) in [5.41, 5.74) is 2.47. The van der Waals surface area contributed by atoms with Gasteiger partial charge in [0.1, 0.15) is 18.4 Å². The molecule has 0 bridgehead atoms. The molecule has 28 heavy (non-hydrogen) atoms. The van der Waals surface area contributed by atoms with Gasteiger partial charge in [-0.3, -0.25) is 9.59 Å². The van der Waals surface area contributed by atoms with Crippen LogP contribution in [0.1, 0.15) is 5.56 Å². The van der Waals surface area contributed by atoms with Crippen LogP contribution in [-0.4, -0.2) is 25.3 Å². The second kappa shape index (κ2) is 7.66. The zero-order valence-corrected chi connectivity index (χ0v) is 15.5. The minimum atomic E-state index is -0.376. The predicted molar refractivity (Wildman–Crippen MR) is 106 cm³/mol. The van der Waals surface area contributed by atoms with Gasteiger partial charge in [-0.15, -0.1) is 0 Å². The van der Waals surface area contributed by atoms with Gasteiger partial charge in [0.25, 0.3) is 5.56 Å². The number of rotatable bonds is 5. The second-order valence-electron chi connectivity index (χ2n) is 6.22. The highest BCUT2D eigenvalue weighted by Gasteiger charge is 2.12. The van der Waals surface area contributed by atoms with E-state index in [2.05, 4.69) is 15.5 Å². The van der Waals surface area contributed by atoms with E-state index in [1.165, 1.54) is 10.8 Å². The number of nitrogens with one attached hydrogen (secondary N) is 1. The third kappa shape index (κ3) is 3.79. The van der Waals surface area contributed by atoms with Gasteiger partial charge in [-0.25, -0.2) is 9.20 Å². The van der Waals surface area contributed by atoms with E-state index in [0.717, 1.165) is 15.8 Å². The van der Waals surface area contributed by atoms with Crippen LogP contribution in [0.25, 0.3) is 16.8 Å². The van der Waals surface area contributed by atoms with Crippen LogP contribution in [0.15, 0.2) is 71.8 Å². The van der Waals surface area contributed by atoms with E-state index in [9.17, 15) is 9.59 Å². The molecule has 140 valence electrons. The van der Waals surface area contributed by atoms with E-state index in [1.54, 1.807) is 18.2 Å². The Hall–Kier alpha value is -3.45. The molecule has 0 saturated heterocycles. The molecule has 0 aliphatic rings. The van der Waals surface area contributed by atoms with E-state index in [0.29, 0.717) is 22.8 Å². The summed E-state index contributed by atoms with van der Waals surface area (Å²) in [6.07, 6.45) is 1.43. The van der Waals surface area contributed by atoms with Crippen molar-refractivity contribution in [2.24, 2.45) is 0 Å². The molecule has 4 rings (SSSR count). The van der Waals surface area contributed by atoms with E-state index in [1.807, 2.05) is 42.5 Å². The van der Waals surface area contributed by atoms with Crippen LogP contribution in [0, 0.1) is 0 Å². The molecular weight excluding hydrogens is 378 g/mol.